The third-order valence-electron chi connectivity index (χ3n) is 2.28. The van der Waals surface area contributed by atoms with Crippen molar-refractivity contribution in [2.24, 2.45) is 0 Å². The maximum Gasteiger partial charge on any atom is 0.119 e. The van der Waals surface area contributed by atoms with Crippen molar-refractivity contribution in [1.29, 1.82) is 0 Å². The maximum absolute atomic E-state index is 9.60. The topological polar surface area (TPSA) is 20.2 Å². The van der Waals surface area contributed by atoms with Gasteiger partial charge in [0, 0.05) is 5.56 Å². The lowest BCUT2D eigenvalue weighted by Crippen LogP contribution is -1.89. The predicted octanol–water partition coefficient (Wildman–Crippen LogP) is 2.92. The Morgan fingerprint density at radius 3 is 2.92 bits per heavy atom. The molecule has 0 amide bonds. The summed E-state index contributed by atoms with van der Waals surface area (Å²) < 4.78 is 0. The molecular weight excluding hydrogens is 148 g/mol. The minimum absolute atomic E-state index is 0.447. The Morgan fingerprint density at radius 2 is 2.00 bits per heavy atom. The van der Waals surface area contributed by atoms with Crippen LogP contribution in [0.1, 0.15) is 24.0 Å². The average molecular weight is 160 g/mol. The highest BCUT2D eigenvalue weighted by atomic mass is 16.3. The van der Waals surface area contributed by atoms with E-state index in [1.54, 1.807) is 0 Å². The van der Waals surface area contributed by atoms with E-state index in [1.807, 2.05) is 24.3 Å². The van der Waals surface area contributed by atoms with Gasteiger partial charge in [-0.3, -0.25) is 0 Å². The van der Waals surface area contributed by atoms with Gasteiger partial charge in [0.25, 0.3) is 0 Å². The van der Waals surface area contributed by atoms with Crippen LogP contribution in [0.25, 0.3) is 5.76 Å². The number of aliphatic hydroxyl groups is 1. The zero-order chi connectivity index (χ0) is 8.39. The molecule has 0 saturated carbocycles. The molecule has 1 aliphatic rings. The van der Waals surface area contributed by atoms with Crippen molar-refractivity contribution in [3.05, 3.63) is 41.5 Å². The first-order chi connectivity index (χ1) is 5.88. The second-order valence-corrected chi connectivity index (χ2v) is 3.14. The van der Waals surface area contributed by atoms with Crippen LogP contribution in [0.2, 0.25) is 0 Å². The monoisotopic (exact) mass is 160 g/mol. The van der Waals surface area contributed by atoms with E-state index >= 15 is 0 Å². The van der Waals surface area contributed by atoms with Crippen LogP contribution in [-0.2, 0) is 6.42 Å². The smallest absolute Gasteiger partial charge is 0.119 e. The normalized spacial score (nSPS) is 16.2. The fourth-order valence-electron chi connectivity index (χ4n) is 1.63. The van der Waals surface area contributed by atoms with E-state index in [4.69, 9.17) is 0 Å². The first-order valence-corrected chi connectivity index (χ1v) is 4.35. The van der Waals surface area contributed by atoms with E-state index in [2.05, 4.69) is 6.07 Å². The van der Waals surface area contributed by atoms with Gasteiger partial charge in [-0.2, -0.15) is 0 Å². The second kappa shape index (κ2) is 3.02. The van der Waals surface area contributed by atoms with Gasteiger partial charge < -0.3 is 5.11 Å². The van der Waals surface area contributed by atoms with Crippen molar-refractivity contribution in [3.8, 4) is 0 Å². The van der Waals surface area contributed by atoms with E-state index in [0.29, 0.717) is 5.76 Å². The lowest BCUT2D eigenvalue weighted by molar-refractivity contribution is 0.510. The molecule has 0 atom stereocenters. The summed E-state index contributed by atoms with van der Waals surface area (Å²) in [5, 5.41) is 9.60. The molecule has 62 valence electrons. The molecule has 2 rings (SSSR count). The van der Waals surface area contributed by atoms with Crippen LogP contribution >= 0.6 is 0 Å². The number of hydrogen-bond donors (Lipinski definition) is 1. The summed E-state index contributed by atoms with van der Waals surface area (Å²) >= 11 is 0. The fraction of sp³-hybridized carbons (Fsp3) is 0.273. The highest BCUT2D eigenvalue weighted by Crippen LogP contribution is 2.22. The summed E-state index contributed by atoms with van der Waals surface area (Å²) in [5.41, 5.74) is 2.28. The van der Waals surface area contributed by atoms with Crippen molar-refractivity contribution < 1.29 is 5.11 Å². The molecule has 1 aromatic carbocycles. The number of allylic oxidation sites excluding steroid dienone is 1. The standard InChI is InChI=1S/C11H12O/c12-11-8-4-2-6-9-5-1-3-7-10(9)11/h1,3,5,7-8,12H,2,4,6H2. The summed E-state index contributed by atoms with van der Waals surface area (Å²) in [6, 6.07) is 8.06. The molecular formula is C11H12O. The molecule has 0 heterocycles. The molecule has 0 aliphatic heterocycles. The van der Waals surface area contributed by atoms with Gasteiger partial charge in [0.15, 0.2) is 0 Å². The molecule has 1 aromatic rings. The van der Waals surface area contributed by atoms with Crippen molar-refractivity contribution in [2.45, 2.75) is 19.3 Å². The van der Waals surface area contributed by atoms with E-state index < -0.39 is 0 Å². The number of fused-ring (bicyclic) bond motifs is 1. The Bertz CT molecular complexity index is 313. The lowest BCUT2D eigenvalue weighted by atomic mass is 10.0. The summed E-state index contributed by atoms with van der Waals surface area (Å²) in [6.07, 6.45) is 5.12. The molecule has 0 bridgehead atoms. The molecule has 0 spiro atoms. The van der Waals surface area contributed by atoms with Gasteiger partial charge in [0.05, 0.1) is 0 Å². The van der Waals surface area contributed by atoms with Crippen LogP contribution in [0.15, 0.2) is 30.3 Å². The molecule has 0 saturated heterocycles. The Balaban J connectivity index is 2.51. The van der Waals surface area contributed by atoms with Gasteiger partial charge in [0.2, 0.25) is 0 Å². The Morgan fingerprint density at radius 1 is 1.17 bits per heavy atom. The second-order valence-electron chi connectivity index (χ2n) is 3.14. The highest BCUT2D eigenvalue weighted by molar-refractivity contribution is 5.62. The van der Waals surface area contributed by atoms with Gasteiger partial charge in [-0.1, -0.05) is 24.3 Å². The van der Waals surface area contributed by atoms with Crippen LogP contribution in [0.4, 0.5) is 0 Å². The maximum atomic E-state index is 9.60. The van der Waals surface area contributed by atoms with E-state index in [9.17, 15) is 5.11 Å². The molecule has 1 nitrogen and oxygen atoms in total. The van der Waals surface area contributed by atoms with Gasteiger partial charge in [-0.05, 0) is 30.9 Å². The third-order valence-corrected chi connectivity index (χ3v) is 2.28. The molecule has 0 unspecified atom stereocenters. The van der Waals surface area contributed by atoms with Gasteiger partial charge in [0.1, 0.15) is 5.76 Å². The van der Waals surface area contributed by atoms with Crippen molar-refractivity contribution in [3.63, 3.8) is 0 Å². The number of aliphatic hydroxyl groups excluding tert-OH is 1. The van der Waals surface area contributed by atoms with E-state index in [1.165, 1.54) is 5.56 Å². The zero-order valence-corrected chi connectivity index (χ0v) is 6.96. The molecule has 0 fully saturated rings. The first-order valence-electron chi connectivity index (χ1n) is 4.35. The number of hydrogen-bond acceptors (Lipinski definition) is 1. The largest absolute Gasteiger partial charge is 0.508 e. The highest BCUT2D eigenvalue weighted by Gasteiger charge is 2.08. The summed E-state index contributed by atoms with van der Waals surface area (Å²) in [4.78, 5) is 0. The average Bonchev–Trinajstić information content (AvgIpc) is 2.29. The molecule has 12 heavy (non-hydrogen) atoms. The van der Waals surface area contributed by atoms with Crippen LogP contribution in [0, 0.1) is 0 Å². The van der Waals surface area contributed by atoms with Crippen LogP contribution in [0.3, 0.4) is 0 Å². The summed E-state index contributed by atoms with van der Waals surface area (Å²) in [6.45, 7) is 0. The van der Waals surface area contributed by atoms with Gasteiger partial charge in [-0.15, -0.1) is 0 Å². The number of benzene rings is 1. The Kier molecular flexibility index (Phi) is 1.86. The molecule has 1 aliphatic carbocycles. The fourth-order valence-corrected chi connectivity index (χ4v) is 1.63. The van der Waals surface area contributed by atoms with Gasteiger partial charge in [-0.25, -0.2) is 0 Å². The van der Waals surface area contributed by atoms with E-state index in [-0.39, 0.29) is 0 Å². The molecule has 0 radical (unpaired) electrons. The van der Waals surface area contributed by atoms with Crippen molar-refractivity contribution in [2.75, 3.05) is 0 Å². The minimum atomic E-state index is 0.447. The zero-order valence-electron chi connectivity index (χ0n) is 6.96. The minimum Gasteiger partial charge on any atom is -0.508 e. The lowest BCUT2D eigenvalue weighted by Gasteiger charge is -2.03. The SMILES string of the molecule is OC1=CCCCc2ccccc21. The van der Waals surface area contributed by atoms with Crippen LogP contribution in [-0.4, -0.2) is 5.11 Å². The Hall–Kier alpha value is -1.24. The Labute approximate surface area is 72.4 Å². The van der Waals surface area contributed by atoms with Crippen molar-refractivity contribution in [1.82, 2.24) is 0 Å². The van der Waals surface area contributed by atoms with Crippen LogP contribution < -0.4 is 0 Å². The molecule has 1 N–H and O–H groups in total. The summed E-state index contributed by atoms with van der Waals surface area (Å²) in [5.74, 6) is 0.447. The first kappa shape index (κ1) is 7.41. The van der Waals surface area contributed by atoms with Gasteiger partial charge >= 0.3 is 0 Å². The molecule has 1 heteroatoms. The number of rotatable bonds is 0. The summed E-state index contributed by atoms with van der Waals surface area (Å²) in [7, 11) is 0. The van der Waals surface area contributed by atoms with E-state index in [0.717, 1.165) is 24.8 Å². The third kappa shape index (κ3) is 1.22. The molecule has 0 aromatic heterocycles. The quantitative estimate of drug-likeness (QED) is 0.618. The number of aryl methyl sites for hydroxylation is 1. The van der Waals surface area contributed by atoms with Crippen LogP contribution in [0.5, 0.6) is 0 Å². The van der Waals surface area contributed by atoms with Crippen molar-refractivity contribution >= 4 is 5.76 Å². The predicted molar refractivity (Wildman–Crippen MR) is 50.0 cm³/mol.